The Labute approximate surface area is 363 Å². The molecule has 2 aromatic heterocycles. The van der Waals surface area contributed by atoms with Gasteiger partial charge in [-0.25, -0.2) is 0 Å². The lowest BCUT2D eigenvalue weighted by molar-refractivity contribution is 0.663. The van der Waals surface area contributed by atoms with E-state index in [-0.39, 0.29) is 0 Å². The third kappa shape index (κ3) is 5.67. The van der Waals surface area contributed by atoms with Crippen LogP contribution in [0.1, 0.15) is 0 Å². The molecule has 0 saturated heterocycles. The number of hydrogen-bond acceptors (Lipinski definition) is 3. The van der Waals surface area contributed by atoms with E-state index >= 15 is 0 Å². The second-order valence-electron chi connectivity index (χ2n) is 16.4. The Morgan fingerprint density at radius 1 is 0.254 bits per heavy atom. The van der Waals surface area contributed by atoms with E-state index < -0.39 is 0 Å². The van der Waals surface area contributed by atoms with Crippen molar-refractivity contribution in [2.75, 3.05) is 4.90 Å². The lowest BCUT2D eigenvalue weighted by atomic mass is 9.90. The molecule has 13 aromatic rings. The van der Waals surface area contributed by atoms with Crippen molar-refractivity contribution in [2.24, 2.45) is 0 Å². The fourth-order valence-electron chi connectivity index (χ4n) is 9.90. The summed E-state index contributed by atoms with van der Waals surface area (Å²) in [6.45, 7) is 0. The van der Waals surface area contributed by atoms with E-state index in [1.807, 2.05) is 18.2 Å². The quantitative estimate of drug-likeness (QED) is 0.157. The Kier molecular flexibility index (Phi) is 7.91. The number of fused-ring (bicyclic) bond motifs is 13. The normalized spacial score (nSPS) is 11.8. The molecule has 2 heterocycles. The Bertz CT molecular complexity index is 3810. The summed E-state index contributed by atoms with van der Waals surface area (Å²) in [5, 5.41) is 11.8. The van der Waals surface area contributed by atoms with Gasteiger partial charge in [0, 0.05) is 44.2 Å². The second kappa shape index (κ2) is 14.1. The minimum absolute atomic E-state index is 0.844. The molecular weight excluding hydrogens is 767 g/mol. The zero-order valence-electron chi connectivity index (χ0n) is 34.1. The molecule has 0 unspecified atom stereocenters. The first-order valence-electron chi connectivity index (χ1n) is 21.5. The lowest BCUT2D eigenvalue weighted by Crippen LogP contribution is -2.09. The van der Waals surface area contributed by atoms with Crippen molar-refractivity contribution >= 4 is 93.3 Å². The molecular formula is C60H37NO2. The van der Waals surface area contributed by atoms with E-state index in [1.165, 1.54) is 32.3 Å². The summed E-state index contributed by atoms with van der Waals surface area (Å²) in [5.41, 5.74) is 13.5. The predicted octanol–water partition coefficient (Wildman–Crippen LogP) is 17.4. The smallest absolute Gasteiger partial charge is 0.143 e. The van der Waals surface area contributed by atoms with Gasteiger partial charge in [-0.2, -0.15) is 0 Å². The first-order valence-corrected chi connectivity index (χ1v) is 21.5. The summed E-state index contributed by atoms with van der Waals surface area (Å²) in [4.78, 5) is 2.29. The van der Waals surface area contributed by atoms with Crippen molar-refractivity contribution in [1.82, 2.24) is 0 Å². The van der Waals surface area contributed by atoms with Crippen LogP contribution in [0.5, 0.6) is 0 Å². The van der Waals surface area contributed by atoms with Crippen molar-refractivity contribution in [1.29, 1.82) is 0 Å². The van der Waals surface area contributed by atoms with Gasteiger partial charge in [-0.3, -0.25) is 0 Å². The van der Waals surface area contributed by atoms with Crippen molar-refractivity contribution in [3.63, 3.8) is 0 Å². The number of anilines is 3. The third-order valence-electron chi connectivity index (χ3n) is 12.8. The molecule has 3 heteroatoms. The summed E-state index contributed by atoms with van der Waals surface area (Å²) in [6.07, 6.45) is 0. The predicted molar refractivity (Wildman–Crippen MR) is 265 cm³/mol. The highest BCUT2D eigenvalue weighted by molar-refractivity contribution is 6.28. The minimum atomic E-state index is 0.844. The number of nitrogens with zero attached hydrogens (tertiary/aromatic N) is 1. The summed E-state index contributed by atoms with van der Waals surface area (Å²) < 4.78 is 13.3. The van der Waals surface area contributed by atoms with Crippen LogP contribution < -0.4 is 4.90 Å². The van der Waals surface area contributed by atoms with Gasteiger partial charge in [0.25, 0.3) is 0 Å². The molecule has 0 bridgehead atoms. The molecule has 0 amide bonds. The Morgan fingerprint density at radius 2 is 0.683 bits per heavy atom. The Morgan fingerprint density at radius 3 is 1.30 bits per heavy atom. The highest BCUT2D eigenvalue weighted by atomic mass is 16.3. The molecule has 294 valence electrons. The van der Waals surface area contributed by atoms with Gasteiger partial charge in [0.15, 0.2) is 0 Å². The fraction of sp³-hybridized carbons (Fsp3) is 0. The number of hydrogen-bond donors (Lipinski definition) is 0. The van der Waals surface area contributed by atoms with Crippen LogP contribution >= 0.6 is 0 Å². The van der Waals surface area contributed by atoms with Gasteiger partial charge in [0.1, 0.15) is 22.3 Å². The monoisotopic (exact) mass is 803 g/mol. The summed E-state index contributed by atoms with van der Waals surface area (Å²) >= 11 is 0. The van der Waals surface area contributed by atoms with Crippen molar-refractivity contribution in [3.8, 4) is 33.4 Å². The average molecular weight is 804 g/mol. The van der Waals surface area contributed by atoms with Crippen LogP contribution in [0, 0.1) is 0 Å². The van der Waals surface area contributed by atoms with Crippen molar-refractivity contribution in [3.05, 3.63) is 224 Å². The topological polar surface area (TPSA) is 29.5 Å². The lowest BCUT2D eigenvalue weighted by Gasteiger charge is -2.25. The molecule has 13 rings (SSSR count). The van der Waals surface area contributed by atoms with Gasteiger partial charge < -0.3 is 13.7 Å². The van der Waals surface area contributed by atoms with Gasteiger partial charge in [-0.05, 0) is 133 Å². The Hall–Kier alpha value is -8.40. The van der Waals surface area contributed by atoms with E-state index in [2.05, 4.69) is 211 Å². The molecule has 0 spiro atoms. The number of para-hydroxylation sites is 3. The third-order valence-corrected chi connectivity index (χ3v) is 12.8. The van der Waals surface area contributed by atoms with Crippen LogP contribution in [0.2, 0.25) is 0 Å². The van der Waals surface area contributed by atoms with Gasteiger partial charge in [0.05, 0.1) is 0 Å². The van der Waals surface area contributed by atoms with Crippen LogP contribution in [-0.2, 0) is 0 Å². The van der Waals surface area contributed by atoms with Gasteiger partial charge in [0.2, 0.25) is 0 Å². The number of benzene rings is 11. The summed E-state index contributed by atoms with van der Waals surface area (Å²) in [6, 6.07) is 80.4. The fourth-order valence-corrected chi connectivity index (χ4v) is 9.90. The molecule has 63 heavy (non-hydrogen) atoms. The second-order valence-corrected chi connectivity index (χ2v) is 16.4. The van der Waals surface area contributed by atoms with Crippen molar-refractivity contribution in [2.45, 2.75) is 0 Å². The molecule has 0 aliphatic heterocycles. The maximum absolute atomic E-state index is 6.94. The molecule has 3 nitrogen and oxygen atoms in total. The molecule has 0 aliphatic carbocycles. The van der Waals surface area contributed by atoms with Crippen molar-refractivity contribution < 1.29 is 8.83 Å². The first kappa shape index (κ1) is 35.4. The Balaban J connectivity index is 0.971. The summed E-state index contributed by atoms with van der Waals surface area (Å²) in [7, 11) is 0. The molecule has 11 aromatic carbocycles. The highest BCUT2D eigenvalue weighted by Gasteiger charge is 2.21. The molecule has 0 saturated carbocycles. The van der Waals surface area contributed by atoms with Crippen LogP contribution in [-0.4, -0.2) is 0 Å². The van der Waals surface area contributed by atoms with E-state index in [4.69, 9.17) is 8.83 Å². The van der Waals surface area contributed by atoms with Gasteiger partial charge in [-0.15, -0.1) is 0 Å². The van der Waals surface area contributed by atoms with Crippen LogP contribution in [0.4, 0.5) is 17.1 Å². The van der Waals surface area contributed by atoms with E-state index in [0.717, 1.165) is 94.3 Å². The van der Waals surface area contributed by atoms with Gasteiger partial charge >= 0.3 is 0 Å². The van der Waals surface area contributed by atoms with E-state index in [0.29, 0.717) is 0 Å². The van der Waals surface area contributed by atoms with E-state index in [9.17, 15) is 0 Å². The maximum Gasteiger partial charge on any atom is 0.143 e. The zero-order valence-corrected chi connectivity index (χ0v) is 34.1. The molecule has 0 atom stereocenters. The molecule has 0 fully saturated rings. The number of furan rings is 2. The number of rotatable bonds is 6. The average Bonchev–Trinajstić information content (AvgIpc) is 3.93. The summed E-state index contributed by atoms with van der Waals surface area (Å²) in [5.74, 6) is 0. The SMILES string of the molecule is c1ccc(N(c2ccccc2)c2ccc(-c3ccc(-c4cc(-c5ccc6c7ccccc7c7ccccc7c6c5)c5oc6ccc7oc8ccccc8c7c6c5c4)cc3)cc2)cc1. The largest absolute Gasteiger partial charge is 0.456 e. The highest BCUT2D eigenvalue weighted by Crippen LogP contribution is 2.46. The van der Waals surface area contributed by atoms with E-state index in [1.54, 1.807) is 0 Å². The zero-order chi connectivity index (χ0) is 41.4. The van der Waals surface area contributed by atoms with Gasteiger partial charge in [-0.1, -0.05) is 152 Å². The molecule has 0 aliphatic rings. The minimum Gasteiger partial charge on any atom is -0.456 e. The molecule has 0 N–H and O–H groups in total. The standard InChI is InChI=1S/C60H37NO2/c1-3-13-43(14-4-1)61(44-15-5-2-6-16-44)45-30-27-39(28-31-45)38-23-25-40(26-24-38)42-36-52(41-29-32-50-48-19-8-7-17-46(48)47-18-9-10-20-49(47)53(50)35-41)60-54(37-42)59-57(63-60)34-33-56-58(59)51-21-11-12-22-55(51)62-56/h1-37H. The maximum atomic E-state index is 6.94. The van der Waals surface area contributed by atoms with Crippen LogP contribution in [0.15, 0.2) is 233 Å². The van der Waals surface area contributed by atoms with Crippen LogP contribution in [0.3, 0.4) is 0 Å². The van der Waals surface area contributed by atoms with Crippen LogP contribution in [0.25, 0.3) is 110 Å². The molecule has 0 radical (unpaired) electrons. The first-order chi connectivity index (χ1) is 31.2.